The molecule has 41 heavy (non-hydrogen) atoms. The molecule has 0 saturated carbocycles. The molecule has 4 aromatic rings. The molecule has 1 aliphatic heterocycles. The van der Waals surface area contributed by atoms with Crippen LogP contribution in [0.15, 0.2) is 48.8 Å². The molecule has 1 aliphatic carbocycles. The van der Waals surface area contributed by atoms with Crippen molar-refractivity contribution in [3.63, 3.8) is 0 Å². The fraction of sp³-hybridized carbons (Fsp3) is 0.290. The molecule has 0 N–H and O–H groups in total. The second-order valence-electron chi connectivity index (χ2n) is 10.8. The number of morpholine rings is 1. The van der Waals surface area contributed by atoms with E-state index in [4.69, 9.17) is 37.8 Å². The summed E-state index contributed by atoms with van der Waals surface area (Å²) in [6.07, 6.45) is 4.55. The van der Waals surface area contributed by atoms with Crippen LogP contribution in [0.1, 0.15) is 41.0 Å². The number of ether oxygens (including phenoxy) is 2. The lowest BCUT2D eigenvalue weighted by atomic mass is 9.86. The number of aryl methyl sites for hydroxylation is 1. The van der Waals surface area contributed by atoms with Crippen LogP contribution < -0.4 is 4.74 Å². The maximum Gasteiger partial charge on any atom is 0.275 e. The second-order valence-corrected chi connectivity index (χ2v) is 11.7. The monoisotopic (exact) mass is 587 g/mol. The van der Waals surface area contributed by atoms with Crippen LogP contribution in [0.3, 0.4) is 0 Å². The van der Waals surface area contributed by atoms with Crippen molar-refractivity contribution in [1.82, 2.24) is 19.7 Å². The first-order valence-corrected chi connectivity index (χ1v) is 14.0. The number of aromatic nitrogens is 3. The number of hydrogen-bond acceptors (Lipinski definition) is 6. The topological polar surface area (TPSA) is 93.3 Å². The van der Waals surface area contributed by atoms with E-state index in [0.717, 1.165) is 33.5 Å². The fourth-order valence-electron chi connectivity index (χ4n) is 5.70. The van der Waals surface area contributed by atoms with Gasteiger partial charge in [0.05, 0.1) is 42.8 Å². The van der Waals surface area contributed by atoms with Crippen LogP contribution in [0.25, 0.3) is 28.1 Å². The maximum atomic E-state index is 14.1. The van der Waals surface area contributed by atoms with Gasteiger partial charge < -0.3 is 14.4 Å². The zero-order chi connectivity index (χ0) is 28.9. The van der Waals surface area contributed by atoms with Crippen molar-refractivity contribution in [2.45, 2.75) is 32.2 Å². The Labute approximate surface area is 248 Å². The highest BCUT2D eigenvalue weighted by Gasteiger charge is 2.39. The van der Waals surface area contributed by atoms with Crippen molar-refractivity contribution < 1.29 is 14.3 Å². The summed E-state index contributed by atoms with van der Waals surface area (Å²) in [6.45, 7) is 5.41. The minimum atomic E-state index is -0.475. The number of rotatable bonds is 4. The molecule has 0 atom stereocenters. The Morgan fingerprint density at radius 2 is 1.85 bits per heavy atom. The van der Waals surface area contributed by atoms with Crippen LogP contribution in [0.4, 0.5) is 0 Å². The molecule has 208 valence electrons. The summed E-state index contributed by atoms with van der Waals surface area (Å²) in [6, 6.07) is 13.2. The predicted molar refractivity (Wildman–Crippen MR) is 157 cm³/mol. The Bertz CT molecular complexity index is 1720. The van der Waals surface area contributed by atoms with E-state index >= 15 is 0 Å². The summed E-state index contributed by atoms with van der Waals surface area (Å²) >= 11 is 12.8. The molecule has 0 spiro atoms. The number of pyridine rings is 1. The molecule has 2 aromatic heterocycles. The van der Waals surface area contributed by atoms with Crippen molar-refractivity contribution in [1.29, 1.82) is 5.26 Å². The van der Waals surface area contributed by atoms with Gasteiger partial charge in [-0.3, -0.25) is 9.78 Å². The normalized spacial score (nSPS) is 15.6. The van der Waals surface area contributed by atoms with E-state index in [2.05, 4.69) is 11.1 Å². The third-order valence-corrected chi connectivity index (χ3v) is 8.11. The molecule has 1 fully saturated rings. The number of benzene rings is 2. The van der Waals surface area contributed by atoms with Gasteiger partial charge in [0, 0.05) is 51.2 Å². The molecule has 1 amide bonds. The van der Waals surface area contributed by atoms with Crippen LogP contribution in [0.2, 0.25) is 10.0 Å². The minimum Gasteiger partial charge on any atom is -0.496 e. The van der Waals surface area contributed by atoms with E-state index in [1.165, 1.54) is 6.20 Å². The number of amides is 1. The number of nitriles is 1. The fourth-order valence-corrected chi connectivity index (χ4v) is 6.21. The molecule has 8 nitrogen and oxygen atoms in total. The molecule has 0 unspecified atom stereocenters. The predicted octanol–water partition coefficient (Wildman–Crippen LogP) is 6.14. The van der Waals surface area contributed by atoms with Gasteiger partial charge in [-0.05, 0) is 68.7 Å². The Hall–Kier alpha value is -3.90. The number of carbonyl (C=O) groups is 1. The highest BCUT2D eigenvalue weighted by Crippen LogP contribution is 2.43. The van der Waals surface area contributed by atoms with E-state index in [1.54, 1.807) is 42.3 Å². The first-order valence-electron chi connectivity index (χ1n) is 13.2. The van der Waals surface area contributed by atoms with E-state index in [-0.39, 0.29) is 5.91 Å². The lowest BCUT2D eigenvalue weighted by Gasteiger charge is -2.41. The molecule has 1 saturated heterocycles. The summed E-state index contributed by atoms with van der Waals surface area (Å²) in [7, 11) is 1.63. The molecule has 6 rings (SSSR count). The Morgan fingerprint density at radius 3 is 2.56 bits per heavy atom. The average Bonchev–Trinajstić information content (AvgIpc) is 3.35. The van der Waals surface area contributed by atoms with Gasteiger partial charge in [0.1, 0.15) is 11.8 Å². The molecule has 10 heteroatoms. The third-order valence-electron chi connectivity index (χ3n) is 7.67. The summed E-state index contributed by atoms with van der Waals surface area (Å²) in [5.41, 5.74) is 6.19. The van der Waals surface area contributed by atoms with Gasteiger partial charge in [-0.25, -0.2) is 4.68 Å². The van der Waals surface area contributed by atoms with Crippen molar-refractivity contribution in [2.75, 3.05) is 26.9 Å². The van der Waals surface area contributed by atoms with Gasteiger partial charge >= 0.3 is 0 Å². The molecule has 2 aromatic carbocycles. The largest absolute Gasteiger partial charge is 0.496 e. The number of nitrogens with zero attached hydrogens (tertiary/aromatic N) is 5. The van der Waals surface area contributed by atoms with Gasteiger partial charge in [-0.1, -0.05) is 23.2 Å². The first-order chi connectivity index (χ1) is 19.7. The highest BCUT2D eigenvalue weighted by molar-refractivity contribution is 6.34. The SMILES string of the molecule is COc1cc2c(cc1-c1cncc(C#N)c1)-c1c(c(C(=O)N3CCOCC3(C)C)nn1-c1cc(Cl)cc(Cl)c1)CC2. The summed E-state index contributed by atoms with van der Waals surface area (Å²) in [5.74, 6) is 0.539. The van der Waals surface area contributed by atoms with E-state index in [1.807, 2.05) is 30.9 Å². The zero-order valence-electron chi connectivity index (χ0n) is 22.9. The Kier molecular flexibility index (Phi) is 6.98. The summed E-state index contributed by atoms with van der Waals surface area (Å²) in [4.78, 5) is 20.2. The van der Waals surface area contributed by atoms with Crippen molar-refractivity contribution in [3.05, 3.63) is 81.2 Å². The van der Waals surface area contributed by atoms with Gasteiger partial charge in [0.25, 0.3) is 5.91 Å². The van der Waals surface area contributed by atoms with E-state index in [0.29, 0.717) is 65.3 Å². The zero-order valence-corrected chi connectivity index (χ0v) is 24.4. The number of fused-ring (bicyclic) bond motifs is 3. The van der Waals surface area contributed by atoms with Gasteiger partial charge in [0.15, 0.2) is 5.69 Å². The molecular weight excluding hydrogens is 561 g/mol. The van der Waals surface area contributed by atoms with Gasteiger partial charge in [-0.2, -0.15) is 10.4 Å². The van der Waals surface area contributed by atoms with E-state index < -0.39 is 5.54 Å². The quantitative estimate of drug-likeness (QED) is 0.285. The highest BCUT2D eigenvalue weighted by atomic mass is 35.5. The van der Waals surface area contributed by atoms with Crippen molar-refractivity contribution in [2.24, 2.45) is 0 Å². The molecule has 3 heterocycles. The second kappa shape index (κ2) is 10.5. The van der Waals surface area contributed by atoms with Crippen molar-refractivity contribution in [3.8, 4) is 39.9 Å². The summed E-state index contributed by atoms with van der Waals surface area (Å²) < 4.78 is 13.2. The Morgan fingerprint density at radius 1 is 1.07 bits per heavy atom. The molecular formula is C31H27Cl2N5O3. The van der Waals surface area contributed by atoms with Crippen LogP contribution >= 0.6 is 23.2 Å². The lowest BCUT2D eigenvalue weighted by Crippen LogP contribution is -2.55. The standard InChI is InChI=1S/C31H27Cl2N5O3/c1-31(2)17-41-7-6-37(31)30(39)28-24-5-4-19-9-27(40-3)25(20-8-18(14-34)15-35-16-20)13-26(19)29(24)38(36-28)23-11-21(32)10-22(33)12-23/h8-13,15-16H,4-7,17H2,1-3H3. The smallest absolute Gasteiger partial charge is 0.275 e. The number of halogens is 2. The average molecular weight is 588 g/mol. The van der Waals surface area contributed by atoms with Gasteiger partial charge in [0.2, 0.25) is 0 Å². The van der Waals surface area contributed by atoms with Crippen LogP contribution in [-0.2, 0) is 17.6 Å². The van der Waals surface area contributed by atoms with Crippen LogP contribution in [0.5, 0.6) is 5.75 Å². The number of hydrogen-bond donors (Lipinski definition) is 0. The van der Waals surface area contributed by atoms with Crippen molar-refractivity contribution >= 4 is 29.1 Å². The molecule has 0 bridgehead atoms. The number of methoxy groups -OCH3 is 1. The van der Waals surface area contributed by atoms with E-state index in [9.17, 15) is 10.1 Å². The third kappa shape index (κ3) is 4.84. The van der Waals surface area contributed by atoms with Gasteiger partial charge in [-0.15, -0.1) is 0 Å². The summed E-state index contributed by atoms with van der Waals surface area (Å²) in [5, 5.41) is 15.3. The first kappa shape index (κ1) is 27.3. The molecule has 2 aliphatic rings. The minimum absolute atomic E-state index is 0.135. The Balaban J connectivity index is 1.60. The molecule has 0 radical (unpaired) electrons. The lowest BCUT2D eigenvalue weighted by molar-refractivity contribution is -0.0373. The van der Waals surface area contributed by atoms with Crippen LogP contribution in [-0.4, -0.2) is 58.0 Å². The van der Waals surface area contributed by atoms with Crippen LogP contribution in [0, 0.1) is 11.3 Å². The number of carbonyl (C=O) groups excluding carboxylic acids is 1. The maximum absolute atomic E-state index is 14.1.